The summed E-state index contributed by atoms with van der Waals surface area (Å²) in [5.74, 6) is -1.61. The highest BCUT2D eigenvalue weighted by atomic mass is 32.2. The van der Waals surface area contributed by atoms with E-state index in [0.29, 0.717) is 56.0 Å². The van der Waals surface area contributed by atoms with Gasteiger partial charge < -0.3 is 21.3 Å². The van der Waals surface area contributed by atoms with E-state index in [4.69, 9.17) is 9.42 Å². The third kappa shape index (κ3) is 7.72. The molecule has 5 rings (SSSR count). The largest absolute Gasteiger partial charge is 0.508 e. The van der Waals surface area contributed by atoms with Crippen LogP contribution in [0.25, 0.3) is 0 Å². The van der Waals surface area contributed by atoms with Crippen LogP contribution >= 0.6 is 0 Å². The fourth-order valence-corrected chi connectivity index (χ4v) is 6.01. The molecule has 0 spiro atoms. The Balaban J connectivity index is 0.00000423. The van der Waals surface area contributed by atoms with Crippen LogP contribution in [-0.4, -0.2) is 60.7 Å². The molecule has 2 saturated heterocycles. The van der Waals surface area contributed by atoms with E-state index in [2.05, 4.69) is 4.90 Å². The number of benzene rings is 3. The molecule has 14 heteroatoms. The smallest absolute Gasteiger partial charge is 0.349 e. The molecule has 3 aromatic carbocycles. The Morgan fingerprint density at radius 3 is 2.14 bits per heavy atom. The number of hydroxylamine groups is 2. The second-order valence-electron chi connectivity index (χ2n) is 10.5. The minimum atomic E-state index is -4.08. The van der Waals surface area contributed by atoms with Gasteiger partial charge in [-0.15, -0.1) is 0 Å². The number of anilines is 1. The van der Waals surface area contributed by atoms with E-state index in [1.807, 2.05) is 6.07 Å². The van der Waals surface area contributed by atoms with Crippen molar-refractivity contribution in [3.8, 4) is 5.75 Å². The Morgan fingerprint density at radius 2 is 1.56 bits per heavy atom. The van der Waals surface area contributed by atoms with Crippen LogP contribution in [0, 0.1) is 17.6 Å². The number of nitrogens with zero attached hydrogens (tertiary/aromatic N) is 3. The highest BCUT2D eigenvalue weighted by Gasteiger charge is 2.49. The van der Waals surface area contributed by atoms with E-state index in [0.717, 1.165) is 5.56 Å². The van der Waals surface area contributed by atoms with Crippen LogP contribution in [0.1, 0.15) is 41.7 Å². The number of carbonyl (C=O) groups excluding carboxylic acids is 1. The maximum Gasteiger partial charge on any atom is 0.349 e. The Kier molecular flexibility index (Phi) is 10.1. The Labute approximate surface area is 248 Å². The van der Waals surface area contributed by atoms with Crippen molar-refractivity contribution in [3.63, 3.8) is 0 Å². The van der Waals surface area contributed by atoms with Crippen molar-refractivity contribution in [2.45, 2.75) is 31.5 Å². The van der Waals surface area contributed by atoms with Gasteiger partial charge in [-0.3, -0.25) is 9.69 Å². The fraction of sp³-hybridized carbons (Fsp3) is 0.345. The first-order valence-corrected chi connectivity index (χ1v) is 15.0. The van der Waals surface area contributed by atoms with Gasteiger partial charge in [0.15, 0.2) is 0 Å². The van der Waals surface area contributed by atoms with Gasteiger partial charge in [-0.05, 0) is 66.4 Å². The SMILES string of the molecule is N.NS(=O)(=O)ON1CCN(Cc2ccc(C3C(CCC(O)c4ccc(F)cc4)C(=O)N3c3ccc(F)cc3)c(O)c2)CC1. The second kappa shape index (κ2) is 13.4. The molecule has 3 unspecified atom stereocenters. The number of amides is 1. The standard InChI is InChI=1S/C29H32F2N4O6S.H3N/c30-21-4-2-20(3-5-21)26(36)12-11-25-28(35(29(25)38)23-8-6-22(31)7-9-23)24-10-1-19(17-27(24)37)18-33-13-15-34(16-14-33)41-42(32,39)40;/h1-10,17,25-26,28,36-37H,11-16,18H2,(H2,32,39,40);1H3. The molecule has 2 aliphatic heterocycles. The highest BCUT2D eigenvalue weighted by Crippen LogP contribution is 2.48. The van der Waals surface area contributed by atoms with Gasteiger partial charge >= 0.3 is 10.3 Å². The molecule has 232 valence electrons. The lowest BCUT2D eigenvalue weighted by atomic mass is 9.77. The maximum atomic E-state index is 13.6. The molecule has 0 radical (unpaired) electrons. The number of nitrogens with two attached hydrogens (primary N) is 1. The van der Waals surface area contributed by atoms with Gasteiger partial charge in [-0.1, -0.05) is 24.3 Å². The van der Waals surface area contributed by atoms with Crippen LogP contribution in [-0.2, 0) is 25.9 Å². The zero-order chi connectivity index (χ0) is 30.0. The predicted octanol–water partition coefficient (Wildman–Crippen LogP) is 3.30. The zero-order valence-corrected chi connectivity index (χ0v) is 24.2. The summed E-state index contributed by atoms with van der Waals surface area (Å²) in [4.78, 5) is 16.9. The van der Waals surface area contributed by atoms with Crippen molar-refractivity contribution in [2.24, 2.45) is 11.1 Å². The van der Waals surface area contributed by atoms with E-state index < -0.39 is 40.0 Å². The summed E-state index contributed by atoms with van der Waals surface area (Å²) in [6.07, 6.45) is -0.340. The van der Waals surface area contributed by atoms with E-state index in [9.17, 15) is 32.2 Å². The van der Waals surface area contributed by atoms with Crippen LogP contribution < -0.4 is 16.2 Å². The van der Waals surface area contributed by atoms with Crippen molar-refractivity contribution >= 4 is 21.9 Å². The molecule has 1 amide bonds. The minimum absolute atomic E-state index is 0. The number of phenolic OH excluding ortho intramolecular Hbond substituents is 1. The molecular weight excluding hydrogens is 584 g/mol. The number of aromatic hydroxyl groups is 1. The fourth-order valence-electron chi connectivity index (χ4n) is 5.57. The number of hydrogen-bond acceptors (Lipinski definition) is 9. The highest BCUT2D eigenvalue weighted by molar-refractivity contribution is 7.84. The van der Waals surface area contributed by atoms with Gasteiger partial charge in [0.25, 0.3) is 0 Å². The van der Waals surface area contributed by atoms with Crippen molar-refractivity contribution < 1.29 is 36.5 Å². The third-order valence-electron chi connectivity index (χ3n) is 7.68. The van der Waals surface area contributed by atoms with Crippen molar-refractivity contribution in [1.82, 2.24) is 16.1 Å². The molecule has 2 aliphatic rings. The van der Waals surface area contributed by atoms with Crippen molar-refractivity contribution in [2.75, 3.05) is 31.1 Å². The number of phenols is 1. The topological polar surface area (TPSA) is 172 Å². The summed E-state index contributed by atoms with van der Waals surface area (Å²) in [6, 6.07) is 15.8. The number of β-lactam (4-membered cyclic amide) rings is 1. The van der Waals surface area contributed by atoms with Gasteiger partial charge in [-0.25, -0.2) is 13.9 Å². The van der Waals surface area contributed by atoms with E-state index in [1.165, 1.54) is 58.5 Å². The molecule has 0 bridgehead atoms. The molecule has 7 N–H and O–H groups in total. The first kappa shape index (κ1) is 32.4. The summed E-state index contributed by atoms with van der Waals surface area (Å²) in [5.41, 5.74) is 2.37. The van der Waals surface area contributed by atoms with Crippen molar-refractivity contribution in [3.05, 3.63) is 95.1 Å². The average molecular weight is 620 g/mol. The predicted molar refractivity (Wildman–Crippen MR) is 155 cm³/mol. The number of piperazine rings is 1. The minimum Gasteiger partial charge on any atom is -0.508 e. The van der Waals surface area contributed by atoms with Gasteiger partial charge in [0.1, 0.15) is 17.4 Å². The third-order valence-corrected chi connectivity index (χ3v) is 8.10. The molecule has 3 atom stereocenters. The lowest BCUT2D eigenvalue weighted by Gasteiger charge is -2.48. The first-order chi connectivity index (χ1) is 20.0. The molecule has 3 aromatic rings. The van der Waals surface area contributed by atoms with E-state index >= 15 is 0 Å². The Hall–Kier alpha value is -3.50. The van der Waals surface area contributed by atoms with E-state index in [-0.39, 0.29) is 24.2 Å². The quantitative estimate of drug-likeness (QED) is 0.249. The molecule has 0 aliphatic carbocycles. The summed E-state index contributed by atoms with van der Waals surface area (Å²) in [7, 11) is -4.08. The van der Waals surface area contributed by atoms with Gasteiger partial charge in [0, 0.05) is 44.0 Å². The van der Waals surface area contributed by atoms with Crippen LogP contribution in [0.15, 0.2) is 66.7 Å². The molecule has 0 aromatic heterocycles. The number of aliphatic hydroxyl groups is 1. The normalized spacial score (nSPS) is 20.4. The van der Waals surface area contributed by atoms with E-state index in [1.54, 1.807) is 12.1 Å². The summed E-state index contributed by atoms with van der Waals surface area (Å²) in [5, 5.41) is 28.0. The zero-order valence-electron chi connectivity index (χ0n) is 23.4. The van der Waals surface area contributed by atoms with Crippen LogP contribution in [0.2, 0.25) is 0 Å². The Bertz CT molecular complexity index is 1520. The summed E-state index contributed by atoms with van der Waals surface area (Å²) >= 11 is 0. The lowest BCUT2D eigenvalue weighted by molar-refractivity contribution is -0.131. The number of aliphatic hydroxyl groups excluding tert-OH is 1. The van der Waals surface area contributed by atoms with Crippen LogP contribution in [0.5, 0.6) is 5.75 Å². The monoisotopic (exact) mass is 619 g/mol. The molecule has 0 saturated carbocycles. The van der Waals surface area contributed by atoms with Gasteiger partial charge in [0.05, 0.1) is 18.1 Å². The van der Waals surface area contributed by atoms with Crippen LogP contribution in [0.3, 0.4) is 0 Å². The number of hydrogen-bond donors (Lipinski definition) is 4. The average Bonchev–Trinajstić information content (AvgIpc) is 2.94. The van der Waals surface area contributed by atoms with Crippen LogP contribution in [0.4, 0.5) is 14.5 Å². The summed E-state index contributed by atoms with van der Waals surface area (Å²) in [6.45, 7) is 2.21. The van der Waals surface area contributed by atoms with Gasteiger partial charge in [0.2, 0.25) is 5.91 Å². The molecule has 2 heterocycles. The number of rotatable bonds is 10. The lowest BCUT2D eigenvalue weighted by Crippen LogP contribution is -2.55. The molecule has 2 fully saturated rings. The molecule has 11 nitrogen and oxygen atoms in total. The van der Waals surface area contributed by atoms with Crippen molar-refractivity contribution in [1.29, 1.82) is 0 Å². The van der Waals surface area contributed by atoms with Gasteiger partial charge in [-0.2, -0.15) is 17.8 Å². The molecule has 43 heavy (non-hydrogen) atoms. The number of carbonyl (C=O) groups is 1. The molecular formula is C29H35F2N5O6S. The maximum absolute atomic E-state index is 13.6. The summed E-state index contributed by atoms with van der Waals surface area (Å²) < 4.78 is 54.0. The first-order valence-electron chi connectivity index (χ1n) is 13.5. The Morgan fingerprint density at radius 1 is 0.953 bits per heavy atom. The second-order valence-corrected chi connectivity index (χ2v) is 11.7. The number of halogens is 2.